The molecule has 338 valence electrons. The highest BCUT2D eigenvalue weighted by molar-refractivity contribution is 5.97. The van der Waals surface area contributed by atoms with Crippen molar-refractivity contribution in [1.82, 2.24) is 39.7 Å². The summed E-state index contributed by atoms with van der Waals surface area (Å²) in [5, 5.41) is 24.5. The van der Waals surface area contributed by atoms with Gasteiger partial charge >= 0.3 is 0 Å². The fraction of sp³-hybridized carbons (Fsp3) is 0.250. The number of hydrogen-bond acceptors (Lipinski definition) is 14. The van der Waals surface area contributed by atoms with Gasteiger partial charge in [-0.05, 0) is 79.1 Å². The van der Waals surface area contributed by atoms with Crippen LogP contribution in [0.2, 0.25) is 0 Å². The number of anilines is 8. The number of benzene rings is 4. The van der Waals surface area contributed by atoms with E-state index in [0.29, 0.717) is 49.6 Å². The third kappa shape index (κ3) is 10.6. The largest absolute Gasteiger partial charge is 0.341 e. The second-order valence-electron chi connectivity index (χ2n) is 16.2. The lowest BCUT2D eigenvalue weighted by atomic mass is 9.89. The monoisotopic (exact) mass is 901 g/mol. The lowest BCUT2D eigenvalue weighted by molar-refractivity contribution is -0.121. The molecule has 4 aromatic carbocycles. The molecule has 2 saturated heterocycles. The smallest absolute Gasteiger partial charge is 0.232 e. The van der Waals surface area contributed by atoms with Gasteiger partial charge in [-0.25, -0.2) is 28.7 Å². The zero-order valence-corrected chi connectivity index (χ0v) is 36.2. The van der Waals surface area contributed by atoms with Crippen LogP contribution < -0.4 is 31.1 Å². The average molecular weight is 902 g/mol. The van der Waals surface area contributed by atoms with Crippen molar-refractivity contribution in [2.24, 2.45) is 0 Å². The molecule has 0 saturated carbocycles. The Morgan fingerprint density at radius 1 is 0.627 bits per heavy atom. The van der Waals surface area contributed by atoms with Gasteiger partial charge in [0.25, 0.3) is 0 Å². The van der Waals surface area contributed by atoms with Crippen molar-refractivity contribution in [1.29, 1.82) is 5.26 Å². The highest BCUT2D eigenvalue weighted by Gasteiger charge is 2.25. The molecule has 3 aromatic heterocycles. The Labute approximate surface area is 384 Å². The molecule has 5 heterocycles. The summed E-state index contributed by atoms with van der Waals surface area (Å²) in [5.41, 5.74) is 3.82. The SMILES string of the molecule is N#Cc1ccc(C2CCN(c3ncnc(Nc4cccc(NC(=O)CCC(=O)Nc5cccc(Nc6ncnc(N7CCC(n8cc(-c9ccccc9)cn8)CC7)n6)c5F)c4F)n3)CC2)cc1. The van der Waals surface area contributed by atoms with Crippen LogP contribution >= 0.6 is 0 Å². The number of carbonyl (C=O) groups is 2. The van der Waals surface area contributed by atoms with Gasteiger partial charge in [0.05, 0.1) is 46.6 Å². The van der Waals surface area contributed by atoms with E-state index in [0.717, 1.165) is 36.8 Å². The molecule has 0 bridgehead atoms. The quantitative estimate of drug-likeness (QED) is 0.0813. The molecule has 19 heteroatoms. The number of nitrogens with zero attached hydrogens (tertiary/aromatic N) is 11. The highest BCUT2D eigenvalue weighted by Crippen LogP contribution is 2.32. The second kappa shape index (κ2) is 20.2. The molecule has 2 amide bonds. The van der Waals surface area contributed by atoms with E-state index in [9.17, 15) is 9.59 Å². The van der Waals surface area contributed by atoms with Crippen molar-refractivity contribution < 1.29 is 18.4 Å². The molecule has 17 nitrogen and oxygen atoms in total. The van der Waals surface area contributed by atoms with Gasteiger partial charge in [0.15, 0.2) is 11.6 Å². The number of aromatic nitrogens is 8. The summed E-state index contributed by atoms with van der Waals surface area (Å²) in [6, 6.07) is 29.0. The van der Waals surface area contributed by atoms with E-state index >= 15 is 8.78 Å². The van der Waals surface area contributed by atoms with Crippen molar-refractivity contribution in [2.75, 3.05) is 57.2 Å². The van der Waals surface area contributed by atoms with E-state index in [1.165, 1.54) is 42.5 Å². The molecule has 9 rings (SSSR count). The number of carbonyl (C=O) groups excluding carboxylic acids is 2. The average Bonchev–Trinajstić information content (AvgIpc) is 3.87. The number of rotatable bonds is 14. The fourth-order valence-corrected chi connectivity index (χ4v) is 8.23. The topological polar surface area (TPSA) is 208 Å². The van der Waals surface area contributed by atoms with Gasteiger partial charge in [-0.15, -0.1) is 0 Å². The van der Waals surface area contributed by atoms with Crippen molar-refractivity contribution >= 4 is 58.4 Å². The molecule has 7 aromatic rings. The van der Waals surface area contributed by atoms with E-state index in [1.807, 2.05) is 58.2 Å². The van der Waals surface area contributed by atoms with Crippen molar-refractivity contribution in [3.8, 4) is 17.2 Å². The summed E-state index contributed by atoms with van der Waals surface area (Å²) in [4.78, 5) is 56.0. The molecular weight excluding hydrogens is 857 g/mol. The number of amides is 2. The maximum atomic E-state index is 15.7. The Morgan fingerprint density at radius 2 is 1.15 bits per heavy atom. The van der Waals surface area contributed by atoms with Crippen molar-refractivity contribution in [3.63, 3.8) is 0 Å². The number of nitriles is 1. The molecule has 67 heavy (non-hydrogen) atoms. The summed E-state index contributed by atoms with van der Waals surface area (Å²) in [6.07, 6.45) is 9.48. The molecule has 2 fully saturated rings. The minimum Gasteiger partial charge on any atom is -0.341 e. The van der Waals surface area contributed by atoms with Crippen LogP contribution in [0.5, 0.6) is 0 Å². The molecular formula is C48H45F2N15O2. The Bertz CT molecular complexity index is 2890. The van der Waals surface area contributed by atoms with Crippen molar-refractivity contribution in [2.45, 2.75) is 50.5 Å². The van der Waals surface area contributed by atoms with Crippen LogP contribution in [-0.4, -0.2) is 77.7 Å². The zero-order chi connectivity index (χ0) is 46.1. The minimum atomic E-state index is -0.755. The Kier molecular flexibility index (Phi) is 13.2. The number of hydrogen-bond donors (Lipinski definition) is 4. The molecule has 0 atom stereocenters. The summed E-state index contributed by atoms with van der Waals surface area (Å²) >= 11 is 0. The first-order valence-electron chi connectivity index (χ1n) is 21.9. The predicted molar refractivity (Wildman–Crippen MR) is 249 cm³/mol. The Morgan fingerprint density at radius 3 is 1.69 bits per heavy atom. The van der Waals surface area contributed by atoms with Crippen LogP contribution in [0.1, 0.15) is 61.6 Å². The van der Waals surface area contributed by atoms with Crippen molar-refractivity contribution in [3.05, 3.63) is 139 Å². The lowest BCUT2D eigenvalue weighted by Crippen LogP contribution is -2.36. The van der Waals surface area contributed by atoms with Gasteiger partial charge in [0.2, 0.25) is 35.6 Å². The van der Waals surface area contributed by atoms with Crippen LogP contribution in [0.3, 0.4) is 0 Å². The zero-order valence-electron chi connectivity index (χ0n) is 36.2. The molecule has 0 aliphatic carbocycles. The number of piperidine rings is 2. The Hall–Kier alpha value is -8.40. The fourth-order valence-electron chi connectivity index (χ4n) is 8.23. The van der Waals surface area contributed by atoms with E-state index < -0.39 is 23.4 Å². The maximum absolute atomic E-state index is 15.7. The second-order valence-corrected chi connectivity index (χ2v) is 16.2. The summed E-state index contributed by atoms with van der Waals surface area (Å²) in [5.74, 6) is -1.25. The van der Waals surface area contributed by atoms with Crippen LogP contribution in [0.4, 0.5) is 55.3 Å². The summed E-state index contributed by atoms with van der Waals surface area (Å²) in [7, 11) is 0. The molecule has 0 spiro atoms. The first kappa shape index (κ1) is 43.8. The maximum Gasteiger partial charge on any atom is 0.232 e. The first-order valence-corrected chi connectivity index (χ1v) is 21.9. The van der Waals surface area contributed by atoms with Crippen LogP contribution in [0, 0.1) is 23.0 Å². The van der Waals surface area contributed by atoms with E-state index in [1.54, 1.807) is 12.1 Å². The molecule has 0 radical (unpaired) electrons. The highest BCUT2D eigenvalue weighted by atomic mass is 19.1. The Balaban J connectivity index is 0.740. The normalized spacial score (nSPS) is 14.3. The van der Waals surface area contributed by atoms with Crippen LogP contribution in [0.15, 0.2) is 116 Å². The standard InChI is InChI=1S/C48H45F2N15O2/c49-43-37(8-4-10-39(43)59-45-52-29-54-47(61-45)63-22-18-34(19-23-63)33-14-12-31(26-51)13-15-33)57-41(66)16-17-42(67)58-38-9-5-11-40(44(38)50)60-46-53-30-55-48(62-46)64-24-20-36(21-25-64)65-28-35(27-56-65)32-6-2-1-3-7-32/h1-15,27-30,34,36H,16-25H2,(H,57,66)(H,58,67)(H,52,54,59,61)(H,53,55,60,62). The van der Waals surface area contributed by atoms with E-state index in [-0.39, 0.29) is 53.5 Å². The van der Waals surface area contributed by atoms with Gasteiger partial charge in [0.1, 0.15) is 12.7 Å². The van der Waals surface area contributed by atoms with Gasteiger partial charge in [-0.1, -0.05) is 54.6 Å². The molecule has 0 unspecified atom stereocenters. The predicted octanol–water partition coefficient (Wildman–Crippen LogP) is 8.14. The molecule has 2 aliphatic rings. The van der Waals surface area contributed by atoms with Gasteiger partial charge in [-0.2, -0.15) is 20.3 Å². The first-order chi connectivity index (χ1) is 32.8. The third-order valence-corrected chi connectivity index (χ3v) is 11.9. The lowest BCUT2D eigenvalue weighted by Gasteiger charge is -2.32. The van der Waals surface area contributed by atoms with E-state index in [2.05, 4.69) is 85.6 Å². The van der Waals surface area contributed by atoms with Crippen LogP contribution in [0.25, 0.3) is 11.1 Å². The number of nitrogens with one attached hydrogen (secondary N) is 4. The summed E-state index contributed by atoms with van der Waals surface area (Å²) in [6.45, 7) is 2.79. The number of halogens is 2. The van der Waals surface area contributed by atoms with Gasteiger partial charge in [0, 0.05) is 50.8 Å². The van der Waals surface area contributed by atoms with Crippen LogP contribution in [-0.2, 0) is 9.59 Å². The van der Waals surface area contributed by atoms with Gasteiger partial charge in [-0.3, -0.25) is 14.3 Å². The minimum absolute atomic E-state index is 0.0218. The molecule has 4 N–H and O–H groups in total. The molecule has 2 aliphatic heterocycles. The van der Waals surface area contributed by atoms with Gasteiger partial charge < -0.3 is 31.1 Å². The van der Waals surface area contributed by atoms with E-state index in [4.69, 9.17) is 5.26 Å². The summed E-state index contributed by atoms with van der Waals surface area (Å²) < 4.78 is 33.4. The third-order valence-electron chi connectivity index (χ3n) is 11.9.